The van der Waals surface area contributed by atoms with E-state index in [1.807, 2.05) is 0 Å². The van der Waals surface area contributed by atoms with Crippen molar-refractivity contribution in [3.05, 3.63) is 0 Å². The molecule has 0 aliphatic carbocycles. The van der Waals surface area contributed by atoms with Gasteiger partial charge < -0.3 is 15.4 Å². The highest BCUT2D eigenvalue weighted by Crippen LogP contribution is 2.27. The number of carbonyl (C=O) groups excluding carboxylic acids is 3. The molecule has 2 amide bonds. The zero-order chi connectivity index (χ0) is 13.3. The Morgan fingerprint density at radius 3 is 2.94 bits per heavy atom. The van der Waals surface area contributed by atoms with Crippen molar-refractivity contribution in [1.29, 1.82) is 0 Å². The van der Waals surface area contributed by atoms with E-state index in [-0.39, 0.29) is 36.7 Å². The van der Waals surface area contributed by atoms with Gasteiger partial charge in [0.1, 0.15) is 12.6 Å². The minimum Gasteiger partial charge on any atom is -0.369 e. The number of carbonyl (C=O) groups is 3. The molecule has 2 aliphatic rings. The SMILES string of the molecule is CC(CCC(=O)N1CC[C@@H]2OCC(=O)C21)C(N)=O. The van der Waals surface area contributed by atoms with Gasteiger partial charge in [-0.3, -0.25) is 14.4 Å². The highest BCUT2D eigenvalue weighted by Gasteiger charge is 2.46. The first-order chi connectivity index (χ1) is 8.50. The van der Waals surface area contributed by atoms with E-state index in [1.165, 1.54) is 0 Å². The molecule has 2 N–H and O–H groups in total. The summed E-state index contributed by atoms with van der Waals surface area (Å²) in [4.78, 5) is 36.1. The normalized spacial score (nSPS) is 28.3. The van der Waals surface area contributed by atoms with Crippen LogP contribution in [0.1, 0.15) is 26.2 Å². The number of hydrogen-bond acceptors (Lipinski definition) is 4. The first-order valence-corrected chi connectivity index (χ1v) is 6.24. The fourth-order valence-corrected chi connectivity index (χ4v) is 2.50. The average Bonchev–Trinajstić information content (AvgIpc) is 2.89. The van der Waals surface area contributed by atoms with Crippen molar-refractivity contribution >= 4 is 17.6 Å². The summed E-state index contributed by atoms with van der Waals surface area (Å²) in [6.07, 6.45) is 1.26. The summed E-state index contributed by atoms with van der Waals surface area (Å²) >= 11 is 0. The van der Waals surface area contributed by atoms with Gasteiger partial charge in [-0.25, -0.2) is 0 Å². The van der Waals surface area contributed by atoms with Gasteiger partial charge in [-0.2, -0.15) is 0 Å². The molecule has 0 spiro atoms. The number of Topliss-reactive ketones (excluding diaryl/α,β-unsaturated/α-hetero) is 1. The Morgan fingerprint density at radius 2 is 2.28 bits per heavy atom. The molecule has 6 nitrogen and oxygen atoms in total. The molecule has 2 fully saturated rings. The van der Waals surface area contributed by atoms with Crippen molar-refractivity contribution in [3.63, 3.8) is 0 Å². The van der Waals surface area contributed by atoms with Crippen LogP contribution in [-0.2, 0) is 19.1 Å². The second-order valence-corrected chi connectivity index (χ2v) is 4.98. The topological polar surface area (TPSA) is 89.7 Å². The van der Waals surface area contributed by atoms with E-state index < -0.39 is 11.9 Å². The number of likely N-dealkylation sites (tertiary alicyclic amines) is 1. The van der Waals surface area contributed by atoms with Crippen LogP contribution in [0.2, 0.25) is 0 Å². The second-order valence-electron chi connectivity index (χ2n) is 4.98. The molecular weight excluding hydrogens is 236 g/mol. The van der Waals surface area contributed by atoms with Gasteiger partial charge in [-0.1, -0.05) is 6.92 Å². The number of amides is 2. The fourth-order valence-electron chi connectivity index (χ4n) is 2.50. The lowest BCUT2D eigenvalue weighted by Crippen LogP contribution is -2.42. The van der Waals surface area contributed by atoms with Crippen LogP contribution in [0.15, 0.2) is 0 Å². The zero-order valence-corrected chi connectivity index (χ0v) is 10.4. The molecule has 2 saturated heterocycles. The number of nitrogens with two attached hydrogens (primary N) is 1. The van der Waals surface area contributed by atoms with E-state index in [4.69, 9.17) is 10.5 Å². The molecule has 3 atom stereocenters. The number of rotatable bonds is 4. The molecule has 2 unspecified atom stereocenters. The van der Waals surface area contributed by atoms with Gasteiger partial charge in [-0.05, 0) is 12.8 Å². The Bertz CT molecular complexity index is 382. The third kappa shape index (κ3) is 2.38. The third-order valence-corrected chi connectivity index (χ3v) is 3.71. The standard InChI is InChI=1S/C12H18N2O4/c1-7(12(13)17)2-3-10(16)14-5-4-9-11(14)8(15)6-18-9/h7,9,11H,2-6H2,1H3,(H2,13,17)/t7?,9-,11?/m0/s1. The van der Waals surface area contributed by atoms with Crippen LogP contribution in [0.4, 0.5) is 0 Å². The second kappa shape index (κ2) is 5.06. The predicted molar refractivity (Wildman–Crippen MR) is 62.5 cm³/mol. The lowest BCUT2D eigenvalue weighted by atomic mass is 10.0. The molecule has 0 radical (unpaired) electrons. The van der Waals surface area contributed by atoms with Crippen molar-refractivity contribution in [2.75, 3.05) is 13.2 Å². The van der Waals surface area contributed by atoms with Gasteiger partial charge in [0.25, 0.3) is 0 Å². The highest BCUT2D eigenvalue weighted by atomic mass is 16.5. The number of ketones is 1. The molecule has 2 aliphatic heterocycles. The molecule has 0 aromatic carbocycles. The van der Waals surface area contributed by atoms with Crippen LogP contribution >= 0.6 is 0 Å². The smallest absolute Gasteiger partial charge is 0.223 e. The van der Waals surface area contributed by atoms with E-state index in [2.05, 4.69) is 0 Å². The quantitative estimate of drug-likeness (QED) is 0.729. The summed E-state index contributed by atoms with van der Waals surface area (Å²) in [5.74, 6) is -0.825. The van der Waals surface area contributed by atoms with E-state index in [9.17, 15) is 14.4 Å². The van der Waals surface area contributed by atoms with Crippen LogP contribution in [0.3, 0.4) is 0 Å². The summed E-state index contributed by atoms with van der Waals surface area (Å²) in [5, 5.41) is 0. The fraction of sp³-hybridized carbons (Fsp3) is 0.750. The summed E-state index contributed by atoms with van der Waals surface area (Å²) in [7, 11) is 0. The first kappa shape index (κ1) is 13.0. The van der Waals surface area contributed by atoms with Gasteiger partial charge in [0.15, 0.2) is 5.78 Å². The number of ether oxygens (including phenoxy) is 1. The number of nitrogens with zero attached hydrogens (tertiary/aromatic N) is 1. The maximum absolute atomic E-state index is 12.0. The maximum atomic E-state index is 12.0. The third-order valence-electron chi connectivity index (χ3n) is 3.71. The minimum absolute atomic E-state index is 0.0196. The summed E-state index contributed by atoms with van der Waals surface area (Å²) in [6, 6.07) is -0.401. The molecule has 0 saturated carbocycles. The lowest BCUT2D eigenvalue weighted by Gasteiger charge is -2.22. The van der Waals surface area contributed by atoms with E-state index in [0.29, 0.717) is 19.4 Å². The molecule has 18 heavy (non-hydrogen) atoms. The average molecular weight is 254 g/mol. The van der Waals surface area contributed by atoms with Gasteiger partial charge in [0.2, 0.25) is 11.8 Å². The molecule has 100 valence electrons. The Balaban J connectivity index is 1.90. The molecule has 6 heteroatoms. The Labute approximate surface area is 105 Å². The van der Waals surface area contributed by atoms with Gasteiger partial charge in [-0.15, -0.1) is 0 Å². The first-order valence-electron chi connectivity index (χ1n) is 6.24. The Hall–Kier alpha value is -1.43. The maximum Gasteiger partial charge on any atom is 0.223 e. The van der Waals surface area contributed by atoms with Crippen LogP contribution in [0.25, 0.3) is 0 Å². The number of hydrogen-bond donors (Lipinski definition) is 1. The van der Waals surface area contributed by atoms with Gasteiger partial charge in [0, 0.05) is 18.9 Å². The summed E-state index contributed by atoms with van der Waals surface area (Å²) < 4.78 is 5.32. The molecular formula is C12H18N2O4. The van der Waals surface area contributed by atoms with Crippen LogP contribution < -0.4 is 5.73 Å². The van der Waals surface area contributed by atoms with Crippen LogP contribution in [0.5, 0.6) is 0 Å². The Morgan fingerprint density at radius 1 is 1.56 bits per heavy atom. The highest BCUT2D eigenvalue weighted by molar-refractivity contribution is 5.92. The molecule has 0 aromatic heterocycles. The van der Waals surface area contributed by atoms with E-state index in [1.54, 1.807) is 11.8 Å². The minimum atomic E-state index is -0.401. The summed E-state index contributed by atoms with van der Waals surface area (Å²) in [5.41, 5.74) is 5.15. The van der Waals surface area contributed by atoms with Crippen LogP contribution in [0, 0.1) is 5.92 Å². The van der Waals surface area contributed by atoms with Gasteiger partial charge in [0.05, 0.1) is 6.10 Å². The van der Waals surface area contributed by atoms with Crippen molar-refractivity contribution in [2.24, 2.45) is 11.7 Å². The predicted octanol–water partition coefficient (Wildman–Crippen LogP) is -0.543. The summed E-state index contributed by atoms with van der Waals surface area (Å²) in [6.45, 7) is 2.37. The molecule has 2 heterocycles. The van der Waals surface area contributed by atoms with E-state index >= 15 is 0 Å². The zero-order valence-electron chi connectivity index (χ0n) is 10.4. The molecule has 2 rings (SSSR count). The van der Waals surface area contributed by atoms with Crippen molar-refractivity contribution in [1.82, 2.24) is 4.90 Å². The van der Waals surface area contributed by atoms with Crippen LogP contribution in [-0.4, -0.2) is 47.8 Å². The van der Waals surface area contributed by atoms with E-state index in [0.717, 1.165) is 0 Å². The van der Waals surface area contributed by atoms with Crippen molar-refractivity contribution < 1.29 is 19.1 Å². The lowest BCUT2D eigenvalue weighted by molar-refractivity contribution is -0.136. The van der Waals surface area contributed by atoms with Gasteiger partial charge >= 0.3 is 0 Å². The number of fused-ring (bicyclic) bond motifs is 1. The number of primary amides is 1. The van der Waals surface area contributed by atoms with Crippen molar-refractivity contribution in [3.8, 4) is 0 Å². The van der Waals surface area contributed by atoms with Crippen molar-refractivity contribution in [2.45, 2.75) is 38.3 Å². The molecule has 0 aromatic rings. The Kier molecular flexibility index (Phi) is 3.65. The molecule has 0 bridgehead atoms. The monoisotopic (exact) mass is 254 g/mol. The largest absolute Gasteiger partial charge is 0.369 e.